The Bertz CT molecular complexity index is 1310. The molecule has 4 aromatic rings. The van der Waals surface area contributed by atoms with Crippen LogP contribution in [0.15, 0.2) is 59.0 Å². The number of aromatic amines is 1. The van der Waals surface area contributed by atoms with E-state index in [1.165, 1.54) is 11.3 Å². The average molecular weight is 448 g/mol. The second-order valence-corrected chi connectivity index (χ2v) is 7.98. The third-order valence-corrected chi connectivity index (χ3v) is 6.08. The summed E-state index contributed by atoms with van der Waals surface area (Å²) in [5.41, 5.74) is 3.12. The van der Waals surface area contributed by atoms with Gasteiger partial charge in [-0.2, -0.15) is 0 Å². The quantitative estimate of drug-likeness (QED) is 0.434. The van der Waals surface area contributed by atoms with Crippen molar-refractivity contribution in [1.29, 1.82) is 0 Å². The number of nitrogens with one attached hydrogen (secondary N) is 1. The number of nitrogens with zero attached hydrogens (tertiary/aromatic N) is 2. The smallest absolute Gasteiger partial charge is 0.337 e. The standard InChI is InChI=1S/C24H21N3O4S/c1-3-18-21(24(29)30)17(12-14-4-6-16(31-2)7-5-14)20(22(28)26-18)19-13-32-23(27-19)15-8-10-25-11-9-15/h4-11,13H,3,12H2,1-2H3,(H,26,28)(H,29,30). The Morgan fingerprint density at radius 1 is 1.16 bits per heavy atom. The Morgan fingerprint density at radius 3 is 2.50 bits per heavy atom. The summed E-state index contributed by atoms with van der Waals surface area (Å²) in [6.45, 7) is 1.82. The third kappa shape index (κ3) is 4.17. The molecule has 0 fully saturated rings. The molecule has 4 rings (SSSR count). The topological polar surface area (TPSA) is 105 Å². The van der Waals surface area contributed by atoms with Crippen molar-refractivity contribution in [3.63, 3.8) is 0 Å². The average Bonchev–Trinajstić information content (AvgIpc) is 3.29. The minimum atomic E-state index is -1.08. The lowest BCUT2D eigenvalue weighted by atomic mass is 9.92. The summed E-state index contributed by atoms with van der Waals surface area (Å²) in [5, 5.41) is 12.5. The number of ether oxygens (including phenoxy) is 1. The first-order valence-electron chi connectivity index (χ1n) is 10.0. The van der Waals surface area contributed by atoms with Gasteiger partial charge in [-0.3, -0.25) is 9.78 Å². The monoisotopic (exact) mass is 447 g/mol. The minimum absolute atomic E-state index is 0.122. The van der Waals surface area contributed by atoms with Crippen molar-refractivity contribution in [3.8, 4) is 27.6 Å². The van der Waals surface area contributed by atoms with Crippen molar-refractivity contribution in [1.82, 2.24) is 15.0 Å². The highest BCUT2D eigenvalue weighted by Crippen LogP contribution is 2.32. The molecule has 0 radical (unpaired) electrons. The van der Waals surface area contributed by atoms with Crippen LogP contribution in [0.1, 0.15) is 34.1 Å². The molecule has 1 aromatic carbocycles. The van der Waals surface area contributed by atoms with Gasteiger partial charge in [-0.05, 0) is 48.2 Å². The molecule has 2 N–H and O–H groups in total. The molecule has 0 atom stereocenters. The van der Waals surface area contributed by atoms with E-state index < -0.39 is 5.97 Å². The number of carbonyl (C=O) groups is 1. The Labute approximate surface area is 188 Å². The fourth-order valence-corrected chi connectivity index (χ4v) is 4.46. The van der Waals surface area contributed by atoms with Crippen molar-refractivity contribution >= 4 is 17.3 Å². The van der Waals surface area contributed by atoms with Gasteiger partial charge in [-0.25, -0.2) is 9.78 Å². The number of rotatable bonds is 7. The normalized spacial score (nSPS) is 10.8. The number of pyridine rings is 2. The summed E-state index contributed by atoms with van der Waals surface area (Å²) >= 11 is 1.39. The minimum Gasteiger partial charge on any atom is -0.497 e. The maximum absolute atomic E-state index is 13.1. The van der Waals surface area contributed by atoms with Crippen molar-refractivity contribution in [2.75, 3.05) is 7.11 Å². The third-order valence-electron chi connectivity index (χ3n) is 5.19. The molecule has 3 aromatic heterocycles. The van der Waals surface area contributed by atoms with Gasteiger partial charge in [0.15, 0.2) is 0 Å². The number of methoxy groups -OCH3 is 1. The summed E-state index contributed by atoms with van der Waals surface area (Å²) in [5.74, 6) is -0.374. The number of carboxylic acids is 1. The second-order valence-electron chi connectivity index (χ2n) is 7.12. The van der Waals surface area contributed by atoms with Gasteiger partial charge in [-0.1, -0.05) is 19.1 Å². The van der Waals surface area contributed by atoms with E-state index in [0.717, 1.165) is 16.1 Å². The van der Waals surface area contributed by atoms with Crippen LogP contribution >= 0.6 is 11.3 Å². The van der Waals surface area contributed by atoms with E-state index in [2.05, 4.69) is 15.0 Å². The molecule has 7 nitrogen and oxygen atoms in total. The van der Waals surface area contributed by atoms with E-state index >= 15 is 0 Å². The summed E-state index contributed by atoms with van der Waals surface area (Å²) in [4.78, 5) is 36.8. The Morgan fingerprint density at radius 2 is 1.88 bits per heavy atom. The predicted octanol–water partition coefficient (Wildman–Crippen LogP) is 4.42. The number of carboxylic acid groups (broad SMARTS) is 1. The molecule has 32 heavy (non-hydrogen) atoms. The number of hydrogen-bond acceptors (Lipinski definition) is 6. The van der Waals surface area contributed by atoms with Crippen molar-refractivity contribution < 1.29 is 14.6 Å². The maximum Gasteiger partial charge on any atom is 0.337 e. The van der Waals surface area contributed by atoms with E-state index in [1.54, 1.807) is 24.9 Å². The first-order chi connectivity index (χ1) is 15.5. The van der Waals surface area contributed by atoms with Crippen LogP contribution in [0, 0.1) is 0 Å². The van der Waals surface area contributed by atoms with Crippen LogP contribution in [0.3, 0.4) is 0 Å². The van der Waals surface area contributed by atoms with Crippen LogP contribution < -0.4 is 10.3 Å². The van der Waals surface area contributed by atoms with Gasteiger partial charge < -0.3 is 14.8 Å². The van der Waals surface area contributed by atoms with E-state index in [4.69, 9.17) is 4.74 Å². The van der Waals surface area contributed by atoms with Crippen LogP contribution in [-0.2, 0) is 12.8 Å². The first kappa shape index (κ1) is 21.5. The van der Waals surface area contributed by atoms with Gasteiger partial charge in [0, 0.05) is 29.0 Å². The zero-order chi connectivity index (χ0) is 22.7. The molecular formula is C24H21N3O4S. The number of thiazole rings is 1. The molecule has 0 spiro atoms. The molecule has 0 amide bonds. The fraction of sp³-hybridized carbons (Fsp3) is 0.167. The number of H-pyrrole nitrogens is 1. The zero-order valence-corrected chi connectivity index (χ0v) is 18.4. The summed E-state index contributed by atoms with van der Waals surface area (Å²) < 4.78 is 5.21. The van der Waals surface area contributed by atoms with Crippen molar-refractivity contribution in [2.24, 2.45) is 0 Å². The molecule has 3 heterocycles. The highest BCUT2D eigenvalue weighted by Gasteiger charge is 2.24. The summed E-state index contributed by atoms with van der Waals surface area (Å²) in [7, 11) is 1.59. The largest absolute Gasteiger partial charge is 0.497 e. The molecule has 0 aliphatic carbocycles. The van der Waals surface area contributed by atoms with E-state index in [-0.39, 0.29) is 23.1 Å². The predicted molar refractivity (Wildman–Crippen MR) is 124 cm³/mol. The lowest BCUT2D eigenvalue weighted by molar-refractivity contribution is 0.0694. The SMILES string of the molecule is CCc1[nH]c(=O)c(-c2csc(-c3ccncc3)n2)c(Cc2ccc(OC)cc2)c1C(=O)O. The number of aryl methyl sites for hydroxylation is 1. The Balaban J connectivity index is 1.89. The fourth-order valence-electron chi connectivity index (χ4n) is 3.64. The highest BCUT2D eigenvalue weighted by molar-refractivity contribution is 7.13. The molecule has 8 heteroatoms. The van der Waals surface area contributed by atoms with Gasteiger partial charge in [-0.15, -0.1) is 11.3 Å². The summed E-state index contributed by atoms with van der Waals surface area (Å²) in [6, 6.07) is 11.0. The maximum atomic E-state index is 13.1. The van der Waals surface area contributed by atoms with Gasteiger partial charge in [0.2, 0.25) is 0 Å². The van der Waals surface area contributed by atoms with Crippen molar-refractivity contribution in [2.45, 2.75) is 19.8 Å². The molecule has 0 aliphatic heterocycles. The van der Waals surface area contributed by atoms with Gasteiger partial charge >= 0.3 is 5.97 Å². The second kappa shape index (κ2) is 9.15. The number of aromatic carboxylic acids is 1. The van der Waals surface area contributed by atoms with Crippen LogP contribution in [0.5, 0.6) is 5.75 Å². The van der Waals surface area contributed by atoms with Crippen LogP contribution in [0.25, 0.3) is 21.8 Å². The number of aromatic nitrogens is 3. The molecular weight excluding hydrogens is 426 g/mol. The zero-order valence-electron chi connectivity index (χ0n) is 17.6. The van der Waals surface area contributed by atoms with Gasteiger partial charge in [0.1, 0.15) is 10.8 Å². The van der Waals surface area contributed by atoms with Gasteiger partial charge in [0.25, 0.3) is 5.56 Å². The van der Waals surface area contributed by atoms with E-state index in [0.29, 0.717) is 29.1 Å². The molecule has 0 unspecified atom stereocenters. The van der Waals surface area contributed by atoms with Crippen molar-refractivity contribution in [3.05, 3.63) is 86.9 Å². The van der Waals surface area contributed by atoms with Gasteiger partial charge in [0.05, 0.1) is 23.9 Å². The van der Waals surface area contributed by atoms with Crippen LogP contribution in [0.2, 0.25) is 0 Å². The lowest BCUT2D eigenvalue weighted by Gasteiger charge is -2.15. The van der Waals surface area contributed by atoms with Crippen LogP contribution in [0.4, 0.5) is 0 Å². The lowest BCUT2D eigenvalue weighted by Crippen LogP contribution is -2.21. The molecule has 0 bridgehead atoms. The van der Waals surface area contributed by atoms with E-state index in [1.807, 2.05) is 43.3 Å². The number of hydrogen-bond donors (Lipinski definition) is 2. The first-order valence-corrected chi connectivity index (χ1v) is 10.9. The molecule has 0 aliphatic rings. The molecule has 162 valence electrons. The van der Waals surface area contributed by atoms with Crippen LogP contribution in [-0.4, -0.2) is 33.1 Å². The molecule has 0 saturated heterocycles. The Kier molecular flexibility index (Phi) is 6.13. The van der Waals surface area contributed by atoms with E-state index in [9.17, 15) is 14.7 Å². The number of benzene rings is 1. The Hall–Kier alpha value is -3.78. The molecule has 0 saturated carbocycles. The highest BCUT2D eigenvalue weighted by atomic mass is 32.1. The summed E-state index contributed by atoms with van der Waals surface area (Å²) in [6.07, 6.45) is 4.03.